The van der Waals surface area contributed by atoms with Crippen molar-refractivity contribution in [3.8, 4) is 34.0 Å². The molecular weight excluding hydrogens is 1010 g/mol. The van der Waals surface area contributed by atoms with E-state index in [0.717, 1.165) is 64.8 Å². The summed E-state index contributed by atoms with van der Waals surface area (Å²) in [6.07, 6.45) is -3.38. The predicted molar refractivity (Wildman–Crippen MR) is 283 cm³/mol. The zero-order valence-corrected chi connectivity index (χ0v) is 42.7. The molecule has 4 aromatic carbocycles. The van der Waals surface area contributed by atoms with Gasteiger partial charge in [-0.3, -0.25) is 9.59 Å². The number of carbonyl (C=O) groups is 2. The molecule has 22 heteroatoms. The highest BCUT2D eigenvalue weighted by Crippen LogP contribution is 2.34. The van der Waals surface area contributed by atoms with E-state index in [1.807, 2.05) is 64.1 Å². The Hall–Kier alpha value is -8.56. The first-order valence-electron chi connectivity index (χ1n) is 24.9. The minimum absolute atomic E-state index is 0.0623. The first kappa shape index (κ1) is 53.3. The molecule has 4 aromatic heterocycles. The number of hydrogen-bond acceptors (Lipinski definition) is 12. The fourth-order valence-corrected chi connectivity index (χ4v) is 8.41. The fraction of sp³-hybridized carbons (Fsp3) is 0.309. The summed E-state index contributed by atoms with van der Waals surface area (Å²) in [6, 6.07) is 25.0. The number of carbonyl (C=O) groups excluding carboxylic acids is 2. The topological polar surface area (TPSA) is 196 Å². The first-order valence-corrected chi connectivity index (χ1v) is 24.9. The number of aryl methyl sites for hydroxylation is 4. The van der Waals surface area contributed by atoms with Gasteiger partial charge in [0.05, 0.1) is 55.1 Å². The van der Waals surface area contributed by atoms with Crippen molar-refractivity contribution in [3.05, 3.63) is 131 Å². The van der Waals surface area contributed by atoms with Gasteiger partial charge in [-0.05, 0) is 112 Å². The maximum absolute atomic E-state index is 12.9. The van der Waals surface area contributed by atoms with Crippen molar-refractivity contribution >= 4 is 57.5 Å². The number of amides is 2. The molecule has 77 heavy (non-hydrogen) atoms. The number of rotatable bonds is 17. The van der Waals surface area contributed by atoms with Gasteiger partial charge in [0.2, 0.25) is 0 Å². The van der Waals surface area contributed by atoms with Gasteiger partial charge in [-0.2, -0.15) is 26.3 Å². The SMILES string of the molecule is COc1ccc(C)c(Nc2cc(NCCC(F)(F)F)c3ncc(-c4ccc(C(=O)NC5CC5)c(C)c4)n3n2)c1.Cc1ccc(O)cc1Nc1cc(NCCC(F)(F)F)c2ncc(-c3ccc(C(=O)NC4CC4)c(C)c3)n2n1. The molecule has 2 amide bonds. The Bertz CT molecular complexity index is 3490. The Morgan fingerprint density at radius 1 is 0.584 bits per heavy atom. The predicted octanol–water partition coefficient (Wildman–Crippen LogP) is 11.7. The van der Waals surface area contributed by atoms with Gasteiger partial charge in [0.25, 0.3) is 11.8 Å². The van der Waals surface area contributed by atoms with E-state index in [1.54, 1.807) is 77.1 Å². The zero-order valence-electron chi connectivity index (χ0n) is 42.7. The lowest BCUT2D eigenvalue weighted by Gasteiger charge is -2.15. The van der Waals surface area contributed by atoms with Crippen LogP contribution in [0.25, 0.3) is 33.8 Å². The Morgan fingerprint density at radius 3 is 1.44 bits per heavy atom. The lowest BCUT2D eigenvalue weighted by Crippen LogP contribution is -2.26. The molecule has 0 spiro atoms. The van der Waals surface area contributed by atoms with E-state index in [2.05, 4.69) is 47.0 Å². The van der Waals surface area contributed by atoms with Crippen molar-refractivity contribution in [2.75, 3.05) is 41.5 Å². The molecule has 2 fully saturated rings. The number of benzene rings is 4. The second-order valence-corrected chi connectivity index (χ2v) is 19.2. The number of halogens is 6. The van der Waals surface area contributed by atoms with E-state index >= 15 is 0 Å². The van der Waals surface area contributed by atoms with Crippen LogP contribution in [-0.2, 0) is 0 Å². The summed E-state index contributed by atoms with van der Waals surface area (Å²) in [6.45, 7) is 6.85. The molecule has 0 unspecified atom stereocenters. The molecule has 7 N–H and O–H groups in total. The molecule has 2 aliphatic carbocycles. The number of methoxy groups -OCH3 is 1. The molecule has 402 valence electrons. The minimum atomic E-state index is -4.30. The van der Waals surface area contributed by atoms with Crippen LogP contribution in [0, 0.1) is 27.7 Å². The van der Waals surface area contributed by atoms with Crippen molar-refractivity contribution in [1.29, 1.82) is 0 Å². The third-order valence-corrected chi connectivity index (χ3v) is 12.9. The van der Waals surface area contributed by atoms with Crippen LogP contribution in [-0.4, -0.2) is 90.8 Å². The van der Waals surface area contributed by atoms with Gasteiger partial charge in [-0.1, -0.05) is 24.3 Å². The van der Waals surface area contributed by atoms with Crippen LogP contribution in [0.2, 0.25) is 0 Å². The average molecular weight is 1060 g/mol. The number of imidazole rings is 2. The standard InChI is InChI=1S/C28H29F3N6O2.C27H27F3N6O2/c1-16-4-8-20(39-3)13-22(16)35-25-14-23(32-11-10-28(29,30)31)26-33-15-24(37(26)36-25)18-5-9-21(17(2)12-18)27(38)34-19-6-7-19;1-15-3-7-19(37)12-21(15)34-24-13-22(31-10-9-27(28,29)30)25-32-14-23(36(25)35-24)17-4-8-20(16(2)11-17)26(38)33-18-5-6-18/h4-5,8-9,12-15,19,32H,6-7,10-11H2,1-3H3,(H,34,38)(H,35,36);3-4,7-8,11-14,18,31,37H,5-6,9-10H2,1-2H3,(H,33,38)(H,34,35). The molecule has 0 radical (unpaired) electrons. The number of anilines is 6. The Kier molecular flexibility index (Phi) is 15.2. The van der Waals surface area contributed by atoms with Gasteiger partial charge >= 0.3 is 12.4 Å². The number of nitrogens with one attached hydrogen (secondary N) is 6. The molecule has 16 nitrogen and oxygen atoms in total. The second kappa shape index (κ2) is 22.0. The van der Waals surface area contributed by atoms with Gasteiger partial charge in [-0.15, -0.1) is 10.2 Å². The number of phenols is 1. The molecule has 10 rings (SSSR count). The van der Waals surface area contributed by atoms with Crippen LogP contribution in [0.3, 0.4) is 0 Å². The largest absolute Gasteiger partial charge is 0.508 e. The quantitative estimate of drug-likeness (QED) is 0.0427. The van der Waals surface area contributed by atoms with Crippen LogP contribution in [0.15, 0.2) is 97.3 Å². The maximum Gasteiger partial charge on any atom is 0.390 e. The second-order valence-electron chi connectivity index (χ2n) is 19.2. The monoisotopic (exact) mass is 1060 g/mol. The van der Waals surface area contributed by atoms with E-state index < -0.39 is 25.2 Å². The Balaban J connectivity index is 0.000000188. The van der Waals surface area contributed by atoms with E-state index in [4.69, 9.17) is 9.84 Å². The molecule has 4 heterocycles. The zero-order chi connectivity index (χ0) is 54.8. The number of ether oxygens (including phenoxy) is 1. The Morgan fingerprint density at radius 2 is 1.03 bits per heavy atom. The molecule has 0 aliphatic heterocycles. The van der Waals surface area contributed by atoms with E-state index in [9.17, 15) is 41.0 Å². The van der Waals surface area contributed by atoms with Gasteiger partial charge in [-0.25, -0.2) is 19.0 Å². The van der Waals surface area contributed by atoms with Gasteiger partial charge < -0.3 is 41.7 Å². The third-order valence-electron chi connectivity index (χ3n) is 12.9. The molecule has 2 saturated carbocycles. The summed E-state index contributed by atoms with van der Waals surface area (Å²) in [5.74, 6) is 1.25. The highest BCUT2D eigenvalue weighted by Gasteiger charge is 2.29. The number of phenolic OH excluding ortho intramolecular Hbond substituents is 1. The van der Waals surface area contributed by atoms with Crippen LogP contribution < -0.4 is 36.6 Å². The summed E-state index contributed by atoms with van der Waals surface area (Å²) >= 11 is 0. The fourth-order valence-electron chi connectivity index (χ4n) is 8.41. The minimum Gasteiger partial charge on any atom is -0.508 e. The number of hydrogen-bond donors (Lipinski definition) is 7. The van der Waals surface area contributed by atoms with E-state index in [0.29, 0.717) is 68.3 Å². The van der Waals surface area contributed by atoms with E-state index in [-0.39, 0.29) is 42.7 Å². The smallest absolute Gasteiger partial charge is 0.390 e. The van der Waals surface area contributed by atoms with Crippen molar-refractivity contribution in [3.63, 3.8) is 0 Å². The highest BCUT2D eigenvalue weighted by atomic mass is 19.4. The normalized spacial score (nSPS) is 13.4. The molecular formula is C55H56F6N12O4. The van der Waals surface area contributed by atoms with Crippen LogP contribution in [0.5, 0.6) is 11.5 Å². The summed E-state index contributed by atoms with van der Waals surface area (Å²) < 4.78 is 85.5. The average Bonchev–Trinajstić information content (AvgIpc) is 4.31. The molecule has 2 aliphatic rings. The van der Waals surface area contributed by atoms with Crippen LogP contribution in [0.4, 0.5) is 60.7 Å². The highest BCUT2D eigenvalue weighted by molar-refractivity contribution is 5.97. The van der Waals surface area contributed by atoms with Crippen LogP contribution in [0.1, 0.15) is 81.5 Å². The lowest BCUT2D eigenvalue weighted by atomic mass is 10.0. The Labute approximate surface area is 438 Å². The van der Waals surface area contributed by atoms with Crippen molar-refractivity contribution in [2.45, 2.75) is 90.7 Å². The van der Waals surface area contributed by atoms with Gasteiger partial charge in [0, 0.05) is 83.1 Å². The number of alkyl halides is 6. The van der Waals surface area contributed by atoms with Crippen molar-refractivity contribution in [1.82, 2.24) is 39.8 Å². The molecule has 0 atom stereocenters. The van der Waals surface area contributed by atoms with Gasteiger partial charge in [0.1, 0.15) is 11.5 Å². The third kappa shape index (κ3) is 13.3. The summed E-state index contributed by atoms with van der Waals surface area (Å²) in [5, 5.41) is 37.4. The summed E-state index contributed by atoms with van der Waals surface area (Å²) in [7, 11) is 1.57. The first-order chi connectivity index (χ1) is 36.7. The van der Waals surface area contributed by atoms with Gasteiger partial charge in [0.15, 0.2) is 22.9 Å². The number of aromatic hydroxyl groups is 1. The number of aromatic nitrogens is 6. The van der Waals surface area contributed by atoms with E-state index in [1.165, 1.54) is 0 Å². The van der Waals surface area contributed by atoms with Crippen LogP contribution >= 0.6 is 0 Å². The molecule has 8 aromatic rings. The van der Waals surface area contributed by atoms with Crippen molar-refractivity contribution in [2.24, 2.45) is 0 Å². The number of nitrogens with zero attached hydrogens (tertiary/aromatic N) is 6. The maximum atomic E-state index is 12.9. The molecule has 0 saturated heterocycles. The number of fused-ring (bicyclic) bond motifs is 2. The summed E-state index contributed by atoms with van der Waals surface area (Å²) in [5.41, 5.74) is 10.1. The summed E-state index contributed by atoms with van der Waals surface area (Å²) in [4.78, 5) is 34.0. The lowest BCUT2D eigenvalue weighted by molar-refractivity contribution is -0.132. The van der Waals surface area contributed by atoms with Crippen molar-refractivity contribution < 1.29 is 45.8 Å². The molecule has 0 bridgehead atoms.